The Hall–Kier alpha value is -0.120. The highest BCUT2D eigenvalue weighted by molar-refractivity contribution is 4.85. The van der Waals surface area contributed by atoms with Gasteiger partial charge in [-0.15, -0.1) is 0 Å². The molecule has 1 heterocycles. The van der Waals surface area contributed by atoms with Crippen molar-refractivity contribution < 1.29 is 4.74 Å². The lowest BCUT2D eigenvalue weighted by molar-refractivity contribution is 0.0805. The van der Waals surface area contributed by atoms with E-state index in [1.165, 1.54) is 13.0 Å². The molecular formula is C15H32N2O. The van der Waals surface area contributed by atoms with Crippen molar-refractivity contribution in [2.75, 3.05) is 39.4 Å². The first-order valence-electron chi connectivity index (χ1n) is 7.43. The van der Waals surface area contributed by atoms with Crippen LogP contribution in [0.5, 0.6) is 0 Å². The molecule has 0 bridgehead atoms. The van der Waals surface area contributed by atoms with Crippen molar-refractivity contribution in [3.63, 3.8) is 0 Å². The number of hydrogen-bond donors (Lipinski definition) is 1. The van der Waals surface area contributed by atoms with Crippen molar-refractivity contribution >= 4 is 0 Å². The normalized spacial score (nSPS) is 23.3. The average Bonchev–Trinajstić information content (AvgIpc) is 2.48. The molecule has 0 aliphatic carbocycles. The smallest absolute Gasteiger partial charge is 0.0593 e. The fourth-order valence-electron chi connectivity index (χ4n) is 2.29. The quantitative estimate of drug-likeness (QED) is 0.764. The van der Waals surface area contributed by atoms with Gasteiger partial charge in [0, 0.05) is 25.7 Å². The monoisotopic (exact) mass is 256 g/mol. The zero-order chi connectivity index (χ0) is 13.6. The first kappa shape index (κ1) is 15.9. The Labute approximate surface area is 113 Å². The molecule has 1 rings (SSSR count). The Kier molecular flexibility index (Phi) is 6.61. The van der Waals surface area contributed by atoms with Crippen molar-refractivity contribution in [2.24, 2.45) is 11.3 Å². The fourth-order valence-corrected chi connectivity index (χ4v) is 2.29. The molecule has 1 atom stereocenters. The van der Waals surface area contributed by atoms with Crippen molar-refractivity contribution in [2.45, 2.75) is 47.1 Å². The Morgan fingerprint density at radius 2 is 2.06 bits per heavy atom. The molecule has 1 saturated heterocycles. The van der Waals surface area contributed by atoms with Gasteiger partial charge in [-0.3, -0.25) is 4.90 Å². The molecule has 0 saturated carbocycles. The Morgan fingerprint density at radius 1 is 1.33 bits per heavy atom. The SMILES string of the molecule is CC(C)COCCN1CCCNC(C(C)(C)C)C1. The molecule has 18 heavy (non-hydrogen) atoms. The standard InChI is InChI=1S/C15H32N2O/c1-13(2)12-18-10-9-17-8-6-7-16-14(11-17)15(3,4)5/h13-14,16H,6-12H2,1-5H3. The summed E-state index contributed by atoms with van der Waals surface area (Å²) in [4.78, 5) is 2.55. The van der Waals surface area contributed by atoms with Gasteiger partial charge in [-0.1, -0.05) is 34.6 Å². The Balaban J connectivity index is 2.31. The van der Waals surface area contributed by atoms with Crippen molar-refractivity contribution in [3.8, 4) is 0 Å². The third-order valence-electron chi connectivity index (χ3n) is 3.53. The summed E-state index contributed by atoms with van der Waals surface area (Å²) in [6.45, 7) is 17.7. The molecule has 0 aromatic carbocycles. The van der Waals surface area contributed by atoms with E-state index in [-0.39, 0.29) is 0 Å². The molecular weight excluding hydrogens is 224 g/mol. The van der Waals surface area contributed by atoms with Crippen LogP contribution in [0, 0.1) is 11.3 Å². The van der Waals surface area contributed by atoms with E-state index < -0.39 is 0 Å². The second-order valence-electron chi connectivity index (χ2n) is 7.00. The summed E-state index contributed by atoms with van der Waals surface area (Å²) in [5, 5.41) is 3.68. The number of ether oxygens (including phenoxy) is 1. The second-order valence-corrected chi connectivity index (χ2v) is 7.00. The molecule has 0 radical (unpaired) electrons. The van der Waals surface area contributed by atoms with Crippen LogP contribution >= 0.6 is 0 Å². The van der Waals surface area contributed by atoms with E-state index in [9.17, 15) is 0 Å². The first-order valence-corrected chi connectivity index (χ1v) is 7.43. The van der Waals surface area contributed by atoms with Crippen LogP contribution in [0.1, 0.15) is 41.0 Å². The molecule has 0 aromatic heterocycles. The zero-order valence-corrected chi connectivity index (χ0v) is 13.0. The number of rotatable bonds is 5. The highest BCUT2D eigenvalue weighted by Crippen LogP contribution is 2.21. The minimum absolute atomic E-state index is 0.335. The van der Waals surface area contributed by atoms with Crippen LogP contribution in [0.15, 0.2) is 0 Å². The lowest BCUT2D eigenvalue weighted by atomic mass is 9.86. The summed E-state index contributed by atoms with van der Waals surface area (Å²) in [5.41, 5.74) is 0.335. The predicted molar refractivity (Wildman–Crippen MR) is 78.0 cm³/mol. The summed E-state index contributed by atoms with van der Waals surface area (Å²) in [5.74, 6) is 0.637. The molecule has 3 heteroatoms. The molecule has 3 nitrogen and oxygen atoms in total. The van der Waals surface area contributed by atoms with Gasteiger partial charge in [0.1, 0.15) is 0 Å². The number of nitrogens with one attached hydrogen (secondary N) is 1. The zero-order valence-electron chi connectivity index (χ0n) is 13.0. The number of nitrogens with zero attached hydrogens (tertiary/aromatic N) is 1. The van der Waals surface area contributed by atoms with E-state index in [2.05, 4.69) is 44.8 Å². The largest absolute Gasteiger partial charge is 0.380 e. The third-order valence-corrected chi connectivity index (χ3v) is 3.53. The molecule has 1 fully saturated rings. The third kappa shape index (κ3) is 6.17. The molecule has 108 valence electrons. The van der Waals surface area contributed by atoms with E-state index in [0.717, 1.165) is 32.8 Å². The maximum absolute atomic E-state index is 5.70. The van der Waals surface area contributed by atoms with Crippen molar-refractivity contribution in [3.05, 3.63) is 0 Å². The summed E-state index contributed by atoms with van der Waals surface area (Å²) in [6, 6.07) is 0.588. The van der Waals surface area contributed by atoms with Crippen LogP contribution in [-0.4, -0.2) is 50.3 Å². The maximum atomic E-state index is 5.70. The lowest BCUT2D eigenvalue weighted by Gasteiger charge is -2.33. The van der Waals surface area contributed by atoms with Gasteiger partial charge in [-0.2, -0.15) is 0 Å². The van der Waals surface area contributed by atoms with Crippen LogP contribution in [0.3, 0.4) is 0 Å². The van der Waals surface area contributed by atoms with Crippen LogP contribution in [0.4, 0.5) is 0 Å². The van der Waals surface area contributed by atoms with E-state index >= 15 is 0 Å². The summed E-state index contributed by atoms with van der Waals surface area (Å²) in [6.07, 6.45) is 1.25. The molecule has 0 spiro atoms. The van der Waals surface area contributed by atoms with Gasteiger partial charge in [0.2, 0.25) is 0 Å². The molecule has 0 aromatic rings. The fraction of sp³-hybridized carbons (Fsp3) is 1.00. The van der Waals surface area contributed by atoms with Crippen LogP contribution in [0.2, 0.25) is 0 Å². The molecule has 1 aliphatic rings. The van der Waals surface area contributed by atoms with Gasteiger partial charge in [-0.25, -0.2) is 0 Å². The topological polar surface area (TPSA) is 24.5 Å². The number of hydrogen-bond acceptors (Lipinski definition) is 3. The predicted octanol–water partition coefficient (Wildman–Crippen LogP) is 2.37. The molecule has 1 unspecified atom stereocenters. The maximum Gasteiger partial charge on any atom is 0.0593 e. The lowest BCUT2D eigenvalue weighted by Crippen LogP contribution is -2.46. The molecule has 0 amide bonds. The van der Waals surface area contributed by atoms with Crippen LogP contribution in [0.25, 0.3) is 0 Å². The van der Waals surface area contributed by atoms with Gasteiger partial charge < -0.3 is 10.1 Å². The van der Waals surface area contributed by atoms with Crippen LogP contribution < -0.4 is 5.32 Å². The highest BCUT2D eigenvalue weighted by atomic mass is 16.5. The molecule has 1 N–H and O–H groups in total. The van der Waals surface area contributed by atoms with Gasteiger partial charge in [0.05, 0.1) is 6.61 Å². The van der Waals surface area contributed by atoms with E-state index in [0.29, 0.717) is 17.4 Å². The van der Waals surface area contributed by atoms with Gasteiger partial charge in [0.25, 0.3) is 0 Å². The average molecular weight is 256 g/mol. The summed E-state index contributed by atoms with van der Waals surface area (Å²) < 4.78 is 5.70. The van der Waals surface area contributed by atoms with Crippen molar-refractivity contribution in [1.82, 2.24) is 10.2 Å². The van der Waals surface area contributed by atoms with Crippen LogP contribution in [-0.2, 0) is 4.74 Å². The van der Waals surface area contributed by atoms with Gasteiger partial charge in [0.15, 0.2) is 0 Å². The minimum atomic E-state index is 0.335. The minimum Gasteiger partial charge on any atom is -0.380 e. The van der Waals surface area contributed by atoms with Crippen molar-refractivity contribution in [1.29, 1.82) is 0 Å². The summed E-state index contributed by atoms with van der Waals surface area (Å²) in [7, 11) is 0. The molecule has 1 aliphatic heterocycles. The second kappa shape index (κ2) is 7.46. The Morgan fingerprint density at radius 3 is 2.67 bits per heavy atom. The van der Waals surface area contributed by atoms with E-state index in [4.69, 9.17) is 4.74 Å². The Bertz CT molecular complexity index is 223. The first-order chi connectivity index (χ1) is 8.39. The highest BCUT2D eigenvalue weighted by Gasteiger charge is 2.27. The van der Waals surface area contributed by atoms with Gasteiger partial charge in [-0.05, 0) is 30.8 Å². The van der Waals surface area contributed by atoms with E-state index in [1.54, 1.807) is 0 Å². The summed E-state index contributed by atoms with van der Waals surface area (Å²) >= 11 is 0. The van der Waals surface area contributed by atoms with E-state index in [1.807, 2.05) is 0 Å². The van der Waals surface area contributed by atoms with Gasteiger partial charge >= 0.3 is 0 Å².